The molecule has 29 heavy (non-hydrogen) atoms. The zero-order valence-corrected chi connectivity index (χ0v) is 17.6. The van der Waals surface area contributed by atoms with E-state index in [1.807, 2.05) is 27.7 Å². The molecule has 2 aromatic rings. The van der Waals surface area contributed by atoms with Gasteiger partial charge in [-0.05, 0) is 39.8 Å². The van der Waals surface area contributed by atoms with Gasteiger partial charge in [0.05, 0.1) is 4.90 Å². The molecule has 0 aliphatic carbocycles. The van der Waals surface area contributed by atoms with Gasteiger partial charge in [0, 0.05) is 12.6 Å². The average molecular weight is 420 g/mol. The lowest BCUT2D eigenvalue weighted by Gasteiger charge is -2.34. The first-order valence-electron chi connectivity index (χ1n) is 9.19. The van der Waals surface area contributed by atoms with Crippen LogP contribution in [0, 0.1) is 6.92 Å². The smallest absolute Gasteiger partial charge is 0.281 e. The van der Waals surface area contributed by atoms with Crippen LogP contribution in [0.3, 0.4) is 0 Å². The minimum Gasteiger partial charge on any atom is -0.354 e. The molecule has 1 aliphatic heterocycles. The maximum absolute atomic E-state index is 13.5. The SMILES string of the molecule is CCN=C1NC(NC(C)C)=NC(N(n2cnnc2)S(=O)(=O)c2ccc(C)cc2)N1. The topological polar surface area (TPSA) is 129 Å². The number of sulfonamides is 1. The fourth-order valence-corrected chi connectivity index (χ4v) is 4.04. The van der Waals surface area contributed by atoms with Gasteiger partial charge >= 0.3 is 0 Å². The van der Waals surface area contributed by atoms with Crippen LogP contribution in [-0.4, -0.2) is 54.1 Å². The zero-order chi connectivity index (χ0) is 21.0. The molecular weight excluding hydrogens is 394 g/mol. The van der Waals surface area contributed by atoms with Gasteiger partial charge < -0.3 is 10.6 Å². The van der Waals surface area contributed by atoms with Crippen molar-refractivity contribution in [2.75, 3.05) is 11.0 Å². The molecule has 1 aliphatic rings. The van der Waals surface area contributed by atoms with Crippen molar-refractivity contribution in [1.82, 2.24) is 30.8 Å². The molecule has 0 radical (unpaired) electrons. The van der Waals surface area contributed by atoms with Crippen molar-refractivity contribution in [2.45, 2.75) is 44.9 Å². The number of hydrogen-bond donors (Lipinski definition) is 3. The van der Waals surface area contributed by atoms with Gasteiger partial charge in [-0.15, -0.1) is 10.2 Å². The molecule has 1 unspecified atom stereocenters. The van der Waals surface area contributed by atoms with Gasteiger partial charge in [-0.3, -0.25) is 10.3 Å². The van der Waals surface area contributed by atoms with Crippen LogP contribution in [0.1, 0.15) is 26.3 Å². The van der Waals surface area contributed by atoms with Crippen molar-refractivity contribution in [1.29, 1.82) is 0 Å². The van der Waals surface area contributed by atoms with Gasteiger partial charge in [0.1, 0.15) is 12.7 Å². The third kappa shape index (κ3) is 4.65. The second-order valence-electron chi connectivity index (χ2n) is 6.68. The summed E-state index contributed by atoms with van der Waals surface area (Å²) in [5, 5.41) is 16.7. The van der Waals surface area contributed by atoms with Crippen molar-refractivity contribution >= 4 is 21.9 Å². The standard InChI is InChI=1S/C17H25N9O2S/c1-5-18-15-22-16(21-12(2)3)24-17(23-15)26(25-10-19-20-11-25)29(27,28)14-8-6-13(4)7-9-14/h6-12,17H,5H2,1-4H3,(H3,18,21,22,23,24). The Labute approximate surface area is 170 Å². The second-order valence-corrected chi connectivity index (χ2v) is 8.47. The van der Waals surface area contributed by atoms with Crippen LogP contribution in [-0.2, 0) is 10.0 Å². The van der Waals surface area contributed by atoms with Crippen LogP contribution < -0.4 is 20.4 Å². The Morgan fingerprint density at radius 1 is 1.24 bits per heavy atom. The minimum atomic E-state index is -3.99. The molecule has 1 aromatic carbocycles. The Bertz CT molecular complexity index is 982. The predicted molar refractivity (Wildman–Crippen MR) is 110 cm³/mol. The van der Waals surface area contributed by atoms with E-state index in [1.54, 1.807) is 24.3 Å². The van der Waals surface area contributed by atoms with Crippen molar-refractivity contribution < 1.29 is 8.42 Å². The monoisotopic (exact) mass is 419 g/mol. The lowest BCUT2D eigenvalue weighted by Crippen LogP contribution is -2.63. The highest BCUT2D eigenvalue weighted by Crippen LogP contribution is 2.18. The van der Waals surface area contributed by atoms with E-state index in [0.29, 0.717) is 18.5 Å². The number of guanidine groups is 2. The molecular formula is C17H25N9O2S. The van der Waals surface area contributed by atoms with Gasteiger partial charge in [0.2, 0.25) is 18.2 Å². The van der Waals surface area contributed by atoms with E-state index in [9.17, 15) is 8.42 Å². The number of aryl methyl sites for hydroxylation is 1. The van der Waals surface area contributed by atoms with Gasteiger partial charge in [0.25, 0.3) is 10.0 Å². The first-order chi connectivity index (χ1) is 13.8. The third-order valence-electron chi connectivity index (χ3n) is 3.90. The Balaban J connectivity index is 2.09. The van der Waals surface area contributed by atoms with Crippen molar-refractivity contribution in [3.05, 3.63) is 42.5 Å². The van der Waals surface area contributed by atoms with Crippen LogP contribution in [0.25, 0.3) is 0 Å². The summed E-state index contributed by atoms with van der Waals surface area (Å²) in [6.45, 7) is 8.20. The molecule has 0 spiro atoms. The van der Waals surface area contributed by atoms with E-state index < -0.39 is 16.3 Å². The molecule has 0 amide bonds. The minimum absolute atomic E-state index is 0.0833. The first-order valence-corrected chi connectivity index (χ1v) is 10.6. The molecule has 0 saturated heterocycles. The summed E-state index contributed by atoms with van der Waals surface area (Å²) >= 11 is 0. The predicted octanol–water partition coefficient (Wildman–Crippen LogP) is 0.120. The van der Waals surface area contributed by atoms with Crippen LogP contribution in [0.15, 0.2) is 51.8 Å². The molecule has 12 heteroatoms. The molecule has 1 aromatic heterocycles. The number of aromatic nitrogens is 3. The van der Waals surface area contributed by atoms with Gasteiger partial charge in [-0.25, -0.2) is 9.67 Å². The van der Waals surface area contributed by atoms with Crippen LogP contribution >= 0.6 is 0 Å². The molecule has 2 heterocycles. The van der Waals surface area contributed by atoms with E-state index in [1.165, 1.54) is 17.3 Å². The van der Waals surface area contributed by atoms with E-state index in [-0.39, 0.29) is 10.9 Å². The quantitative estimate of drug-likeness (QED) is 0.606. The number of nitrogens with one attached hydrogen (secondary N) is 3. The van der Waals surface area contributed by atoms with Gasteiger partial charge in [0.15, 0.2) is 0 Å². The summed E-state index contributed by atoms with van der Waals surface area (Å²) in [5.41, 5.74) is 0.957. The third-order valence-corrected chi connectivity index (χ3v) is 5.65. The number of benzene rings is 1. The molecule has 1 atom stereocenters. The number of rotatable bonds is 6. The molecule has 0 bridgehead atoms. The Morgan fingerprint density at radius 2 is 1.90 bits per heavy atom. The summed E-state index contributed by atoms with van der Waals surface area (Å²) < 4.78 is 29.3. The summed E-state index contributed by atoms with van der Waals surface area (Å²) in [4.78, 5) is 8.95. The Hall–Kier alpha value is -3.15. The largest absolute Gasteiger partial charge is 0.354 e. The van der Waals surface area contributed by atoms with Crippen LogP contribution in [0.2, 0.25) is 0 Å². The lowest BCUT2D eigenvalue weighted by atomic mass is 10.2. The van der Waals surface area contributed by atoms with Crippen molar-refractivity contribution in [3.8, 4) is 0 Å². The summed E-state index contributed by atoms with van der Waals surface area (Å²) in [6.07, 6.45) is 1.60. The molecule has 11 nitrogen and oxygen atoms in total. The maximum Gasteiger partial charge on any atom is 0.281 e. The molecule has 3 rings (SSSR count). The zero-order valence-electron chi connectivity index (χ0n) is 16.7. The van der Waals surface area contributed by atoms with Crippen molar-refractivity contribution in [3.63, 3.8) is 0 Å². The average Bonchev–Trinajstić information content (AvgIpc) is 3.15. The Kier molecular flexibility index (Phi) is 6.01. The highest BCUT2D eigenvalue weighted by Gasteiger charge is 2.35. The van der Waals surface area contributed by atoms with E-state index in [0.717, 1.165) is 9.98 Å². The summed E-state index contributed by atoms with van der Waals surface area (Å²) in [7, 11) is -3.99. The highest BCUT2D eigenvalue weighted by molar-refractivity contribution is 7.92. The van der Waals surface area contributed by atoms with Crippen LogP contribution in [0.4, 0.5) is 0 Å². The van der Waals surface area contributed by atoms with Gasteiger partial charge in [-0.2, -0.15) is 12.8 Å². The van der Waals surface area contributed by atoms with E-state index >= 15 is 0 Å². The Morgan fingerprint density at radius 3 is 2.48 bits per heavy atom. The van der Waals surface area contributed by atoms with E-state index in [4.69, 9.17) is 0 Å². The fourth-order valence-electron chi connectivity index (χ4n) is 2.65. The number of hydrogen-bond acceptors (Lipinski definition) is 7. The van der Waals surface area contributed by atoms with E-state index in [2.05, 4.69) is 36.1 Å². The summed E-state index contributed by atoms with van der Waals surface area (Å²) in [5.74, 6) is 0.820. The molecule has 0 fully saturated rings. The molecule has 156 valence electrons. The highest BCUT2D eigenvalue weighted by atomic mass is 32.2. The van der Waals surface area contributed by atoms with Crippen LogP contribution in [0.5, 0.6) is 0 Å². The first kappa shape index (κ1) is 20.6. The summed E-state index contributed by atoms with van der Waals surface area (Å²) in [6, 6.07) is 6.68. The fraction of sp³-hybridized carbons (Fsp3) is 0.412. The second kappa shape index (κ2) is 8.47. The maximum atomic E-state index is 13.5. The lowest BCUT2D eigenvalue weighted by molar-refractivity contribution is 0.499. The van der Waals surface area contributed by atoms with Gasteiger partial charge in [-0.1, -0.05) is 17.7 Å². The molecule has 0 saturated carbocycles. The molecule has 3 N–H and O–H groups in total. The normalized spacial score (nSPS) is 18.2. The van der Waals surface area contributed by atoms with Crippen molar-refractivity contribution in [2.24, 2.45) is 9.98 Å². The number of nitrogens with zero attached hydrogens (tertiary/aromatic N) is 6. The number of aliphatic imine (C=N–C) groups is 2.